The van der Waals surface area contributed by atoms with Crippen LogP contribution in [0.5, 0.6) is 0 Å². The predicted octanol–water partition coefficient (Wildman–Crippen LogP) is 4.05. The summed E-state index contributed by atoms with van der Waals surface area (Å²) in [5, 5.41) is 8.34. The molecule has 0 amide bonds. The minimum absolute atomic E-state index is 0.415. The van der Waals surface area contributed by atoms with Crippen LogP contribution >= 0.6 is 11.6 Å². The van der Waals surface area contributed by atoms with E-state index in [4.69, 9.17) is 11.6 Å². The van der Waals surface area contributed by atoms with Gasteiger partial charge in [0.15, 0.2) is 0 Å². The van der Waals surface area contributed by atoms with Crippen molar-refractivity contribution in [3.8, 4) is 11.3 Å². The molecule has 29 heavy (non-hydrogen) atoms. The van der Waals surface area contributed by atoms with Gasteiger partial charge in [-0.1, -0.05) is 29.8 Å². The van der Waals surface area contributed by atoms with Gasteiger partial charge in [-0.2, -0.15) is 5.10 Å². The van der Waals surface area contributed by atoms with Crippen molar-refractivity contribution in [3.63, 3.8) is 0 Å². The van der Waals surface area contributed by atoms with Gasteiger partial charge in [-0.3, -0.25) is 9.67 Å². The summed E-state index contributed by atoms with van der Waals surface area (Å²) in [7, 11) is 3.90. The standard InChI is InChI=1S/C21H24ClN7/c1-23-11-15-5-3-4-6-19(15)26-21-24-13-18(22)20(27-21)16-12-25-29(14-16)17-7-9-28(2)10-8-17/h3-6,11-14,17H,7-10H2,1-2H3,(H,24,26,27). The molecule has 1 aliphatic heterocycles. The van der Waals surface area contributed by atoms with E-state index in [1.165, 1.54) is 0 Å². The molecule has 8 heteroatoms. The Kier molecular flexibility index (Phi) is 5.87. The number of piperidine rings is 1. The molecule has 0 aliphatic carbocycles. The largest absolute Gasteiger partial charge is 0.324 e. The SMILES string of the molecule is CN=Cc1ccccc1Nc1ncc(Cl)c(-c2cnn(C3CCN(C)CC3)c2)n1. The first kappa shape index (κ1) is 19.5. The van der Waals surface area contributed by atoms with Gasteiger partial charge >= 0.3 is 0 Å². The molecule has 1 saturated heterocycles. The van der Waals surface area contributed by atoms with Gasteiger partial charge < -0.3 is 10.2 Å². The van der Waals surface area contributed by atoms with Crippen LogP contribution in [0.3, 0.4) is 0 Å². The minimum atomic E-state index is 0.415. The summed E-state index contributed by atoms with van der Waals surface area (Å²) in [5.74, 6) is 0.480. The number of aliphatic imine (C=N–C) groups is 1. The second-order valence-corrected chi connectivity index (χ2v) is 7.64. The number of aromatic nitrogens is 4. The van der Waals surface area contributed by atoms with E-state index in [1.54, 1.807) is 19.5 Å². The van der Waals surface area contributed by atoms with Gasteiger partial charge in [-0.15, -0.1) is 0 Å². The van der Waals surface area contributed by atoms with Crippen molar-refractivity contribution in [1.82, 2.24) is 24.6 Å². The molecule has 0 unspecified atom stereocenters. The van der Waals surface area contributed by atoms with Crippen LogP contribution in [0, 0.1) is 0 Å². The third kappa shape index (κ3) is 4.46. The number of nitrogens with zero attached hydrogens (tertiary/aromatic N) is 6. The number of benzene rings is 1. The van der Waals surface area contributed by atoms with Crippen molar-refractivity contribution in [2.24, 2.45) is 4.99 Å². The molecule has 0 spiro atoms. The maximum absolute atomic E-state index is 6.41. The molecule has 4 rings (SSSR count). The fraction of sp³-hybridized carbons (Fsp3) is 0.333. The van der Waals surface area contributed by atoms with Crippen LogP contribution in [-0.2, 0) is 0 Å². The Balaban J connectivity index is 1.58. The third-order valence-corrected chi connectivity index (χ3v) is 5.43. The zero-order valence-electron chi connectivity index (χ0n) is 16.6. The maximum Gasteiger partial charge on any atom is 0.227 e. The third-order valence-electron chi connectivity index (χ3n) is 5.16. The van der Waals surface area contributed by atoms with Gasteiger partial charge in [0.1, 0.15) is 0 Å². The van der Waals surface area contributed by atoms with Gasteiger partial charge in [-0.25, -0.2) is 9.97 Å². The quantitative estimate of drug-likeness (QED) is 0.643. The smallest absolute Gasteiger partial charge is 0.227 e. The first-order valence-electron chi connectivity index (χ1n) is 9.68. The summed E-state index contributed by atoms with van der Waals surface area (Å²) < 4.78 is 2.04. The Bertz CT molecular complexity index is 1010. The molecule has 1 aliphatic rings. The van der Waals surface area contributed by atoms with E-state index in [0.29, 0.717) is 22.7 Å². The molecule has 0 atom stereocenters. The normalized spacial score (nSPS) is 15.8. The second-order valence-electron chi connectivity index (χ2n) is 7.23. The Morgan fingerprint density at radius 1 is 1.21 bits per heavy atom. The monoisotopic (exact) mass is 409 g/mol. The number of likely N-dealkylation sites (tertiary alicyclic amines) is 1. The van der Waals surface area contributed by atoms with Crippen LogP contribution in [0.1, 0.15) is 24.4 Å². The Labute approximate surface area is 175 Å². The average Bonchev–Trinajstić information content (AvgIpc) is 3.21. The zero-order chi connectivity index (χ0) is 20.2. The maximum atomic E-state index is 6.41. The highest BCUT2D eigenvalue weighted by atomic mass is 35.5. The Morgan fingerprint density at radius 3 is 2.79 bits per heavy atom. The molecule has 3 heterocycles. The van der Waals surface area contributed by atoms with E-state index >= 15 is 0 Å². The fourth-order valence-electron chi connectivity index (χ4n) is 3.53. The number of anilines is 2. The lowest BCUT2D eigenvalue weighted by Gasteiger charge is -2.28. The second kappa shape index (κ2) is 8.71. The van der Waals surface area contributed by atoms with E-state index in [0.717, 1.165) is 42.7 Å². The molecule has 3 aromatic rings. The number of halogens is 1. The van der Waals surface area contributed by atoms with Crippen molar-refractivity contribution in [2.45, 2.75) is 18.9 Å². The Morgan fingerprint density at radius 2 is 2.00 bits per heavy atom. The minimum Gasteiger partial charge on any atom is -0.324 e. The van der Waals surface area contributed by atoms with Crippen LogP contribution in [0.4, 0.5) is 11.6 Å². The summed E-state index contributed by atoms with van der Waals surface area (Å²) in [6.07, 6.45) is 9.47. The molecule has 2 aromatic heterocycles. The highest BCUT2D eigenvalue weighted by Crippen LogP contribution is 2.29. The lowest BCUT2D eigenvalue weighted by atomic mass is 10.1. The molecule has 150 valence electrons. The highest BCUT2D eigenvalue weighted by Gasteiger charge is 2.20. The summed E-state index contributed by atoms with van der Waals surface area (Å²) in [5.41, 5.74) is 3.41. The molecule has 7 nitrogen and oxygen atoms in total. The van der Waals surface area contributed by atoms with E-state index in [2.05, 4.69) is 37.3 Å². The van der Waals surface area contributed by atoms with Gasteiger partial charge in [0.05, 0.1) is 29.2 Å². The van der Waals surface area contributed by atoms with E-state index in [-0.39, 0.29) is 0 Å². The topological polar surface area (TPSA) is 71.2 Å². The van der Waals surface area contributed by atoms with Crippen molar-refractivity contribution < 1.29 is 0 Å². The molecule has 0 bridgehead atoms. The van der Waals surface area contributed by atoms with Gasteiger partial charge in [0.25, 0.3) is 0 Å². The molecule has 1 N–H and O–H groups in total. The number of para-hydroxylation sites is 1. The fourth-order valence-corrected chi connectivity index (χ4v) is 3.73. The summed E-state index contributed by atoms with van der Waals surface area (Å²) in [4.78, 5) is 15.4. The van der Waals surface area contributed by atoms with Gasteiger partial charge in [0, 0.05) is 36.3 Å². The molecule has 1 fully saturated rings. The summed E-state index contributed by atoms with van der Waals surface area (Å²) >= 11 is 6.41. The zero-order valence-corrected chi connectivity index (χ0v) is 17.3. The Hall–Kier alpha value is -2.77. The van der Waals surface area contributed by atoms with Crippen molar-refractivity contribution in [1.29, 1.82) is 0 Å². The van der Waals surface area contributed by atoms with Crippen LogP contribution in [0.25, 0.3) is 11.3 Å². The first-order chi connectivity index (χ1) is 14.1. The molecule has 0 saturated carbocycles. The van der Waals surface area contributed by atoms with Crippen LogP contribution in [0.15, 0.2) is 47.8 Å². The lowest BCUT2D eigenvalue weighted by molar-refractivity contribution is 0.212. The van der Waals surface area contributed by atoms with E-state index < -0.39 is 0 Å². The molecule has 0 radical (unpaired) electrons. The van der Waals surface area contributed by atoms with Crippen molar-refractivity contribution >= 4 is 29.5 Å². The van der Waals surface area contributed by atoms with Gasteiger partial charge in [-0.05, 0) is 39.0 Å². The number of rotatable bonds is 5. The molecule has 1 aromatic carbocycles. The van der Waals surface area contributed by atoms with Crippen LogP contribution in [0.2, 0.25) is 5.02 Å². The molecular weight excluding hydrogens is 386 g/mol. The number of hydrogen-bond donors (Lipinski definition) is 1. The summed E-state index contributed by atoms with van der Waals surface area (Å²) in [6.45, 7) is 2.17. The number of hydrogen-bond acceptors (Lipinski definition) is 6. The van der Waals surface area contributed by atoms with E-state index in [1.807, 2.05) is 41.3 Å². The lowest BCUT2D eigenvalue weighted by Crippen LogP contribution is -2.31. The van der Waals surface area contributed by atoms with Crippen LogP contribution in [-0.4, -0.2) is 58.0 Å². The summed E-state index contributed by atoms with van der Waals surface area (Å²) in [6, 6.07) is 8.29. The highest BCUT2D eigenvalue weighted by molar-refractivity contribution is 6.32. The average molecular weight is 410 g/mol. The first-order valence-corrected chi connectivity index (χ1v) is 10.1. The number of nitrogens with one attached hydrogen (secondary N) is 1. The predicted molar refractivity (Wildman–Crippen MR) is 117 cm³/mol. The van der Waals surface area contributed by atoms with Gasteiger partial charge in [0.2, 0.25) is 5.95 Å². The molecular formula is C21H24ClN7. The van der Waals surface area contributed by atoms with Crippen molar-refractivity contribution in [3.05, 3.63) is 53.4 Å². The van der Waals surface area contributed by atoms with Crippen molar-refractivity contribution in [2.75, 3.05) is 32.5 Å². The van der Waals surface area contributed by atoms with Crippen LogP contribution < -0.4 is 5.32 Å². The van der Waals surface area contributed by atoms with E-state index in [9.17, 15) is 0 Å².